The van der Waals surface area contributed by atoms with Gasteiger partial charge in [-0.25, -0.2) is 0 Å². The van der Waals surface area contributed by atoms with E-state index < -0.39 is 12.1 Å². The lowest BCUT2D eigenvalue weighted by atomic mass is 10.0. The third kappa shape index (κ3) is 51.3. The van der Waals surface area contributed by atoms with E-state index in [4.69, 9.17) is 0 Å². The molecule has 376 valence electrons. The summed E-state index contributed by atoms with van der Waals surface area (Å²) in [6.45, 7) is 4.32. The second kappa shape index (κ2) is 55.7. The predicted octanol–water partition coefficient (Wildman–Crippen LogP) is 19.0. The lowest BCUT2D eigenvalue weighted by Gasteiger charge is -2.19. The van der Waals surface area contributed by atoms with E-state index in [1.165, 1.54) is 250 Å². The standard InChI is InChI=1S/C60H113NO3/c1-3-5-7-9-11-13-15-17-19-21-23-25-27-29-30-32-33-35-37-39-41-43-45-47-49-51-53-55-59(63)58(57-62)61-60(64)56-54-52-50-48-46-44-42-40-38-36-34-31-28-26-24-22-20-18-16-14-12-10-8-6-4-2/h22,24,37,39,45,47,53,55,58-59,62-63H,3-21,23,25-36,38,40-44,46,48-52,54,56-57H2,1-2H3,(H,61,64)/b24-22-,39-37+,47-45+,55-53+. The molecular formula is C60H113NO3. The normalized spacial score (nSPS) is 13.1. The van der Waals surface area contributed by atoms with E-state index in [1.54, 1.807) is 6.08 Å². The molecule has 0 saturated heterocycles. The number of allylic oxidation sites excluding steroid dienone is 7. The van der Waals surface area contributed by atoms with Gasteiger partial charge in [-0.3, -0.25) is 4.79 Å². The number of hydrogen-bond acceptors (Lipinski definition) is 3. The fourth-order valence-electron chi connectivity index (χ4n) is 8.86. The van der Waals surface area contributed by atoms with Gasteiger partial charge in [-0.15, -0.1) is 0 Å². The molecule has 0 bridgehead atoms. The zero-order valence-corrected chi connectivity index (χ0v) is 43.3. The van der Waals surface area contributed by atoms with Crippen LogP contribution in [0.25, 0.3) is 0 Å². The van der Waals surface area contributed by atoms with Crippen molar-refractivity contribution in [3.05, 3.63) is 48.6 Å². The van der Waals surface area contributed by atoms with Gasteiger partial charge in [0.25, 0.3) is 0 Å². The molecule has 2 atom stereocenters. The maximum absolute atomic E-state index is 12.5. The highest BCUT2D eigenvalue weighted by Crippen LogP contribution is 2.17. The molecule has 3 N–H and O–H groups in total. The number of rotatable bonds is 53. The molecule has 2 unspecified atom stereocenters. The Kier molecular flexibility index (Phi) is 54.2. The van der Waals surface area contributed by atoms with Crippen LogP contribution in [-0.2, 0) is 4.79 Å². The summed E-state index contributed by atoms with van der Waals surface area (Å²) >= 11 is 0. The van der Waals surface area contributed by atoms with Crippen LogP contribution in [0, 0.1) is 0 Å². The van der Waals surface area contributed by atoms with Crippen molar-refractivity contribution in [1.29, 1.82) is 0 Å². The summed E-state index contributed by atoms with van der Waals surface area (Å²) in [5.41, 5.74) is 0. The number of carbonyl (C=O) groups is 1. The first-order valence-electron chi connectivity index (χ1n) is 28.9. The minimum atomic E-state index is -0.872. The third-order valence-corrected chi connectivity index (χ3v) is 13.3. The SMILES string of the molecule is CCCCCCCCCC/C=C\CCCCCCCCCCCCCCCC(=O)NC(CO)C(O)/C=C/CC/C=C/CC/C=C/CCCCCCCCCCCCCCCCCCC. The monoisotopic (exact) mass is 896 g/mol. The first kappa shape index (κ1) is 62.4. The van der Waals surface area contributed by atoms with Crippen LogP contribution in [-0.4, -0.2) is 34.9 Å². The second-order valence-corrected chi connectivity index (χ2v) is 19.7. The van der Waals surface area contributed by atoms with Gasteiger partial charge in [0.15, 0.2) is 0 Å². The quantitative estimate of drug-likeness (QED) is 0.0421. The maximum atomic E-state index is 12.5. The molecule has 0 rings (SSSR count). The fourth-order valence-corrected chi connectivity index (χ4v) is 8.86. The molecule has 0 spiro atoms. The first-order valence-corrected chi connectivity index (χ1v) is 28.9. The van der Waals surface area contributed by atoms with E-state index in [9.17, 15) is 15.0 Å². The van der Waals surface area contributed by atoms with Crippen LogP contribution in [0.1, 0.15) is 309 Å². The summed E-state index contributed by atoms with van der Waals surface area (Å²) in [4.78, 5) is 12.5. The van der Waals surface area contributed by atoms with Gasteiger partial charge in [-0.2, -0.15) is 0 Å². The number of aliphatic hydroxyl groups excluding tert-OH is 2. The highest BCUT2D eigenvalue weighted by Gasteiger charge is 2.18. The molecule has 1 amide bonds. The topological polar surface area (TPSA) is 69.6 Å². The summed E-state index contributed by atoms with van der Waals surface area (Å²) < 4.78 is 0. The van der Waals surface area contributed by atoms with Gasteiger partial charge >= 0.3 is 0 Å². The molecule has 0 aromatic carbocycles. The van der Waals surface area contributed by atoms with Gasteiger partial charge in [0, 0.05) is 6.42 Å². The zero-order chi connectivity index (χ0) is 46.3. The Morgan fingerprint density at radius 1 is 0.359 bits per heavy atom. The van der Waals surface area contributed by atoms with Crippen LogP contribution < -0.4 is 5.32 Å². The van der Waals surface area contributed by atoms with E-state index in [1.807, 2.05) is 6.08 Å². The number of hydrogen-bond donors (Lipinski definition) is 3. The van der Waals surface area contributed by atoms with Crippen molar-refractivity contribution in [2.24, 2.45) is 0 Å². The number of carbonyl (C=O) groups excluding carboxylic acids is 1. The maximum Gasteiger partial charge on any atom is 0.220 e. The number of unbranched alkanes of at least 4 members (excludes halogenated alkanes) is 40. The lowest BCUT2D eigenvalue weighted by molar-refractivity contribution is -0.123. The molecule has 0 aliphatic heterocycles. The van der Waals surface area contributed by atoms with Crippen molar-refractivity contribution in [1.82, 2.24) is 5.32 Å². The minimum absolute atomic E-state index is 0.0748. The molecule has 64 heavy (non-hydrogen) atoms. The largest absolute Gasteiger partial charge is 0.394 e. The molecule has 0 saturated carbocycles. The molecule has 0 radical (unpaired) electrons. The first-order chi connectivity index (χ1) is 31.7. The van der Waals surface area contributed by atoms with E-state index in [0.717, 1.165) is 38.5 Å². The number of amides is 1. The van der Waals surface area contributed by atoms with E-state index in [-0.39, 0.29) is 12.5 Å². The van der Waals surface area contributed by atoms with Gasteiger partial charge in [0.2, 0.25) is 5.91 Å². The summed E-state index contributed by atoms with van der Waals surface area (Å²) in [5, 5.41) is 23.2. The van der Waals surface area contributed by atoms with Crippen LogP contribution >= 0.6 is 0 Å². The summed E-state index contributed by atoms with van der Waals surface area (Å²) in [6.07, 6.45) is 77.1. The van der Waals surface area contributed by atoms with Gasteiger partial charge in [0.1, 0.15) is 0 Å². The van der Waals surface area contributed by atoms with Gasteiger partial charge in [0.05, 0.1) is 18.8 Å². The van der Waals surface area contributed by atoms with Crippen LogP contribution in [0.4, 0.5) is 0 Å². The molecule has 0 heterocycles. The molecule has 0 fully saturated rings. The van der Waals surface area contributed by atoms with Crippen molar-refractivity contribution < 1.29 is 15.0 Å². The fraction of sp³-hybridized carbons (Fsp3) is 0.850. The molecule has 4 nitrogen and oxygen atoms in total. The average Bonchev–Trinajstić information content (AvgIpc) is 3.30. The van der Waals surface area contributed by atoms with Crippen LogP contribution in [0.15, 0.2) is 48.6 Å². The Labute approximate surface area is 401 Å². The van der Waals surface area contributed by atoms with Gasteiger partial charge in [-0.05, 0) is 70.6 Å². The van der Waals surface area contributed by atoms with Crippen LogP contribution in [0.2, 0.25) is 0 Å². The minimum Gasteiger partial charge on any atom is -0.394 e. The van der Waals surface area contributed by atoms with Crippen LogP contribution in [0.3, 0.4) is 0 Å². The number of aliphatic hydroxyl groups is 2. The molecule has 0 aliphatic rings. The highest BCUT2D eigenvalue weighted by atomic mass is 16.3. The van der Waals surface area contributed by atoms with E-state index >= 15 is 0 Å². The lowest BCUT2D eigenvalue weighted by Crippen LogP contribution is -2.45. The molecule has 0 aliphatic carbocycles. The molecular weight excluding hydrogens is 783 g/mol. The van der Waals surface area contributed by atoms with E-state index in [2.05, 4.69) is 55.6 Å². The summed E-state index contributed by atoms with van der Waals surface area (Å²) in [6, 6.07) is -0.647. The molecule has 0 aromatic rings. The summed E-state index contributed by atoms with van der Waals surface area (Å²) in [7, 11) is 0. The predicted molar refractivity (Wildman–Crippen MR) is 285 cm³/mol. The summed E-state index contributed by atoms with van der Waals surface area (Å²) in [5.74, 6) is -0.0748. The van der Waals surface area contributed by atoms with Gasteiger partial charge in [-0.1, -0.05) is 281 Å². The van der Waals surface area contributed by atoms with Crippen molar-refractivity contribution >= 4 is 5.91 Å². The Balaban J connectivity index is 3.54. The smallest absolute Gasteiger partial charge is 0.220 e. The molecule has 0 aromatic heterocycles. The Morgan fingerprint density at radius 3 is 0.906 bits per heavy atom. The average molecular weight is 897 g/mol. The van der Waals surface area contributed by atoms with Gasteiger partial charge < -0.3 is 15.5 Å². The Bertz CT molecular complexity index is 1020. The van der Waals surface area contributed by atoms with Crippen molar-refractivity contribution in [3.63, 3.8) is 0 Å². The van der Waals surface area contributed by atoms with Crippen LogP contribution in [0.5, 0.6) is 0 Å². The van der Waals surface area contributed by atoms with E-state index in [0.29, 0.717) is 6.42 Å². The van der Waals surface area contributed by atoms with Crippen molar-refractivity contribution in [2.45, 2.75) is 321 Å². The Hall–Kier alpha value is -1.65. The van der Waals surface area contributed by atoms with Crippen molar-refractivity contribution in [3.8, 4) is 0 Å². The zero-order valence-electron chi connectivity index (χ0n) is 43.3. The molecule has 4 heteroatoms. The third-order valence-electron chi connectivity index (χ3n) is 13.3. The Morgan fingerprint density at radius 2 is 0.609 bits per heavy atom. The highest BCUT2D eigenvalue weighted by molar-refractivity contribution is 5.76. The van der Waals surface area contributed by atoms with Crippen molar-refractivity contribution in [2.75, 3.05) is 6.61 Å². The second-order valence-electron chi connectivity index (χ2n) is 19.7. The number of nitrogens with one attached hydrogen (secondary N) is 1.